The fourth-order valence-electron chi connectivity index (χ4n) is 1.67. The monoisotopic (exact) mass is 290 g/mol. The predicted molar refractivity (Wildman–Crippen MR) is 74.7 cm³/mol. The second-order valence-corrected chi connectivity index (χ2v) is 4.19. The number of hydrogen-bond acceptors (Lipinski definition) is 6. The number of hydrogen-bond donors (Lipinski definition) is 3. The van der Waals surface area contributed by atoms with E-state index in [1.807, 2.05) is 0 Å². The molecule has 0 aliphatic heterocycles. The quantitative estimate of drug-likeness (QED) is 0.338. The van der Waals surface area contributed by atoms with Crippen molar-refractivity contribution in [2.75, 3.05) is 12.4 Å². The number of ether oxygens (including phenoxy) is 1. The maximum absolute atomic E-state index is 12.0. The summed E-state index contributed by atoms with van der Waals surface area (Å²) in [5.74, 6) is -0.0544. The van der Waals surface area contributed by atoms with Crippen LogP contribution < -0.4 is 15.8 Å². The molecular formula is C13H14N4O4. The summed E-state index contributed by atoms with van der Waals surface area (Å²) in [7, 11) is 1.44. The number of aromatic nitrogens is 1. The van der Waals surface area contributed by atoms with Gasteiger partial charge < -0.3 is 25.5 Å². The maximum Gasteiger partial charge on any atom is 0.294 e. The lowest BCUT2D eigenvalue weighted by molar-refractivity contribution is 0.0987. The molecule has 1 heterocycles. The molecule has 0 radical (unpaired) electrons. The number of oxime groups is 1. The Bertz CT molecular complexity index is 693. The molecule has 0 atom stereocenters. The second kappa shape index (κ2) is 5.95. The van der Waals surface area contributed by atoms with Crippen LogP contribution in [0, 0.1) is 6.92 Å². The fraction of sp³-hybridized carbons (Fsp3) is 0.154. The Morgan fingerprint density at radius 1 is 1.48 bits per heavy atom. The van der Waals surface area contributed by atoms with Crippen LogP contribution >= 0.6 is 0 Å². The Morgan fingerprint density at radius 2 is 2.24 bits per heavy atom. The van der Waals surface area contributed by atoms with Crippen LogP contribution in [-0.4, -0.2) is 29.2 Å². The van der Waals surface area contributed by atoms with Crippen LogP contribution in [-0.2, 0) is 0 Å². The molecule has 0 saturated heterocycles. The van der Waals surface area contributed by atoms with E-state index in [2.05, 4.69) is 15.6 Å². The largest absolute Gasteiger partial charge is 0.495 e. The number of nitrogens with two attached hydrogens (primary N) is 1. The molecule has 0 saturated carbocycles. The van der Waals surface area contributed by atoms with Gasteiger partial charge in [-0.3, -0.25) is 4.79 Å². The molecule has 0 spiro atoms. The van der Waals surface area contributed by atoms with Crippen LogP contribution in [0.25, 0.3) is 0 Å². The van der Waals surface area contributed by atoms with Crippen LogP contribution in [0.4, 0.5) is 5.69 Å². The summed E-state index contributed by atoms with van der Waals surface area (Å²) in [6, 6.07) is 6.22. The summed E-state index contributed by atoms with van der Waals surface area (Å²) < 4.78 is 10.0. The first-order valence-electron chi connectivity index (χ1n) is 5.95. The number of aryl methyl sites for hydroxylation is 1. The van der Waals surface area contributed by atoms with Crippen LogP contribution in [0.3, 0.4) is 0 Å². The Labute approximate surface area is 120 Å². The minimum Gasteiger partial charge on any atom is -0.495 e. The molecule has 8 nitrogen and oxygen atoms in total. The van der Waals surface area contributed by atoms with E-state index in [4.69, 9.17) is 20.2 Å². The SMILES string of the molecule is COc1cc(/C(N)=N/O)ccc1NC(=O)c1cc(C)no1. The minimum atomic E-state index is -0.453. The third kappa shape index (κ3) is 3.11. The number of rotatable bonds is 4. The normalized spacial score (nSPS) is 11.2. The highest BCUT2D eigenvalue weighted by molar-refractivity contribution is 6.04. The summed E-state index contributed by atoms with van der Waals surface area (Å²) in [6.45, 7) is 1.71. The predicted octanol–water partition coefficient (Wildman–Crippen LogP) is 1.34. The molecule has 110 valence electrons. The third-order valence-corrected chi connectivity index (χ3v) is 2.70. The molecule has 0 aliphatic rings. The molecule has 0 fully saturated rings. The Balaban J connectivity index is 2.26. The molecule has 21 heavy (non-hydrogen) atoms. The molecule has 0 unspecified atom stereocenters. The van der Waals surface area contributed by atoms with Gasteiger partial charge in [-0.2, -0.15) is 0 Å². The Kier molecular flexibility index (Phi) is 4.07. The van der Waals surface area contributed by atoms with Crippen molar-refractivity contribution >= 4 is 17.4 Å². The first-order valence-corrected chi connectivity index (χ1v) is 5.95. The molecule has 0 bridgehead atoms. The smallest absolute Gasteiger partial charge is 0.294 e. The Morgan fingerprint density at radius 3 is 2.81 bits per heavy atom. The third-order valence-electron chi connectivity index (χ3n) is 2.70. The van der Waals surface area contributed by atoms with Crippen molar-refractivity contribution in [3.63, 3.8) is 0 Å². The van der Waals surface area contributed by atoms with Gasteiger partial charge in [-0.05, 0) is 25.1 Å². The number of nitrogens with zero attached hydrogens (tertiary/aromatic N) is 2. The number of benzene rings is 1. The van der Waals surface area contributed by atoms with Gasteiger partial charge in [0.25, 0.3) is 5.91 Å². The van der Waals surface area contributed by atoms with Crippen molar-refractivity contribution in [1.29, 1.82) is 0 Å². The summed E-state index contributed by atoms with van der Waals surface area (Å²) in [5.41, 5.74) is 6.99. The highest BCUT2D eigenvalue weighted by Gasteiger charge is 2.15. The van der Waals surface area contributed by atoms with E-state index in [-0.39, 0.29) is 11.6 Å². The van der Waals surface area contributed by atoms with E-state index in [0.29, 0.717) is 22.7 Å². The van der Waals surface area contributed by atoms with Gasteiger partial charge in [0, 0.05) is 11.6 Å². The summed E-state index contributed by atoms with van der Waals surface area (Å²) in [4.78, 5) is 12.0. The van der Waals surface area contributed by atoms with Crippen molar-refractivity contribution in [1.82, 2.24) is 5.16 Å². The average molecular weight is 290 g/mol. The van der Waals surface area contributed by atoms with E-state index in [9.17, 15) is 4.79 Å². The van der Waals surface area contributed by atoms with Gasteiger partial charge in [0.15, 0.2) is 5.84 Å². The lowest BCUT2D eigenvalue weighted by Gasteiger charge is -2.10. The summed E-state index contributed by atoms with van der Waals surface area (Å²) in [6.07, 6.45) is 0. The molecule has 0 aliphatic carbocycles. The number of anilines is 1. The molecule has 4 N–H and O–H groups in total. The lowest BCUT2D eigenvalue weighted by Crippen LogP contribution is -2.15. The van der Waals surface area contributed by atoms with Crippen LogP contribution in [0.15, 0.2) is 33.9 Å². The number of amidine groups is 1. The molecule has 1 aromatic carbocycles. The van der Waals surface area contributed by atoms with Gasteiger partial charge in [-0.15, -0.1) is 0 Å². The minimum absolute atomic E-state index is 0.0583. The first kappa shape index (κ1) is 14.4. The zero-order valence-corrected chi connectivity index (χ0v) is 11.5. The number of carbonyl (C=O) groups is 1. The van der Waals surface area contributed by atoms with Crippen molar-refractivity contribution in [3.05, 3.63) is 41.3 Å². The second-order valence-electron chi connectivity index (χ2n) is 4.19. The number of amides is 1. The van der Waals surface area contributed by atoms with E-state index < -0.39 is 5.91 Å². The molecule has 8 heteroatoms. The van der Waals surface area contributed by atoms with Gasteiger partial charge in [0.05, 0.1) is 18.5 Å². The fourth-order valence-corrected chi connectivity index (χ4v) is 1.67. The molecule has 1 aromatic heterocycles. The number of carbonyl (C=O) groups excluding carboxylic acids is 1. The van der Waals surface area contributed by atoms with Gasteiger partial charge in [0.1, 0.15) is 5.75 Å². The van der Waals surface area contributed by atoms with E-state index in [1.165, 1.54) is 19.2 Å². The highest BCUT2D eigenvalue weighted by atomic mass is 16.5. The standard InChI is InChI=1S/C13H14N4O4/c1-7-5-11(21-17-7)13(18)15-9-4-3-8(12(14)16-19)6-10(9)20-2/h3-6,19H,1-2H3,(H2,14,16)(H,15,18). The van der Waals surface area contributed by atoms with Crippen molar-refractivity contribution in [2.24, 2.45) is 10.9 Å². The lowest BCUT2D eigenvalue weighted by atomic mass is 10.1. The molecule has 2 aromatic rings. The zero-order valence-electron chi connectivity index (χ0n) is 11.5. The molecule has 2 rings (SSSR count). The van der Waals surface area contributed by atoms with E-state index in [0.717, 1.165) is 0 Å². The van der Waals surface area contributed by atoms with Crippen molar-refractivity contribution < 1.29 is 19.3 Å². The molecular weight excluding hydrogens is 276 g/mol. The summed E-state index contributed by atoms with van der Waals surface area (Å²) >= 11 is 0. The van der Waals surface area contributed by atoms with E-state index in [1.54, 1.807) is 19.1 Å². The first-order chi connectivity index (χ1) is 10.0. The highest BCUT2D eigenvalue weighted by Crippen LogP contribution is 2.26. The molecule has 1 amide bonds. The average Bonchev–Trinajstić information content (AvgIpc) is 2.93. The maximum atomic E-state index is 12.0. The van der Waals surface area contributed by atoms with Crippen molar-refractivity contribution in [3.8, 4) is 5.75 Å². The van der Waals surface area contributed by atoms with E-state index >= 15 is 0 Å². The van der Waals surface area contributed by atoms with Gasteiger partial charge >= 0.3 is 0 Å². The Hall–Kier alpha value is -3.03. The van der Waals surface area contributed by atoms with Crippen LogP contribution in [0.2, 0.25) is 0 Å². The summed E-state index contributed by atoms with van der Waals surface area (Å²) in [5, 5.41) is 17.8. The van der Waals surface area contributed by atoms with Crippen LogP contribution in [0.1, 0.15) is 21.8 Å². The topological polar surface area (TPSA) is 123 Å². The number of methoxy groups -OCH3 is 1. The zero-order chi connectivity index (χ0) is 15.4. The number of nitrogens with one attached hydrogen (secondary N) is 1. The van der Waals surface area contributed by atoms with Gasteiger partial charge in [0.2, 0.25) is 5.76 Å². The van der Waals surface area contributed by atoms with Gasteiger partial charge in [-0.25, -0.2) is 0 Å². The van der Waals surface area contributed by atoms with Crippen molar-refractivity contribution in [2.45, 2.75) is 6.92 Å². The van der Waals surface area contributed by atoms with Crippen LogP contribution in [0.5, 0.6) is 5.75 Å². The van der Waals surface area contributed by atoms with Gasteiger partial charge in [-0.1, -0.05) is 10.3 Å².